The molecule has 5 nitrogen and oxygen atoms in total. The maximum atomic E-state index is 12.0. The second-order valence-corrected chi connectivity index (χ2v) is 5.38. The molecule has 0 spiro atoms. The van der Waals surface area contributed by atoms with Crippen molar-refractivity contribution < 1.29 is 19.1 Å². The molecular formula is C19H19NO4. The Kier molecular flexibility index (Phi) is 5.84. The lowest BCUT2D eigenvalue weighted by Crippen LogP contribution is -2.27. The van der Waals surface area contributed by atoms with E-state index in [0.717, 1.165) is 5.56 Å². The number of esters is 1. The molecule has 5 heteroatoms. The van der Waals surface area contributed by atoms with E-state index in [-0.39, 0.29) is 24.7 Å². The monoisotopic (exact) mass is 325 g/mol. The maximum absolute atomic E-state index is 12.0. The number of Topliss-reactive ketones (excluding diaryl/α,β-unsaturated/α-hetero) is 1. The van der Waals surface area contributed by atoms with Gasteiger partial charge in [-0.3, -0.25) is 14.4 Å². The number of hydrogen-bond donors (Lipinski definition) is 1. The molecule has 0 saturated heterocycles. The summed E-state index contributed by atoms with van der Waals surface area (Å²) in [6.07, 6.45) is 0.0616. The first-order valence-corrected chi connectivity index (χ1v) is 7.63. The lowest BCUT2D eigenvalue weighted by atomic mass is 10.1. The third kappa shape index (κ3) is 4.78. The number of hydrogen-bond acceptors (Lipinski definition) is 4. The van der Waals surface area contributed by atoms with Crippen LogP contribution in [0.25, 0.3) is 0 Å². The van der Waals surface area contributed by atoms with Gasteiger partial charge in [-0.1, -0.05) is 18.2 Å². The summed E-state index contributed by atoms with van der Waals surface area (Å²) in [5.41, 5.74) is 2.02. The SMILES string of the molecule is CC(=O)c1ccc(OC(=O)CCNC(=O)c2ccccc2C)cc1. The molecule has 1 N–H and O–H groups in total. The van der Waals surface area contributed by atoms with Gasteiger partial charge in [0.2, 0.25) is 0 Å². The number of carbonyl (C=O) groups excluding carboxylic acids is 3. The van der Waals surface area contributed by atoms with Gasteiger partial charge in [0.15, 0.2) is 5.78 Å². The van der Waals surface area contributed by atoms with Crippen LogP contribution in [-0.2, 0) is 4.79 Å². The Morgan fingerprint density at radius 1 is 1.00 bits per heavy atom. The van der Waals surface area contributed by atoms with Crippen molar-refractivity contribution in [2.24, 2.45) is 0 Å². The zero-order chi connectivity index (χ0) is 17.5. The molecule has 124 valence electrons. The van der Waals surface area contributed by atoms with Crippen LogP contribution in [0.3, 0.4) is 0 Å². The molecule has 0 fully saturated rings. The van der Waals surface area contributed by atoms with Gasteiger partial charge in [-0.2, -0.15) is 0 Å². The summed E-state index contributed by atoms with van der Waals surface area (Å²) in [5.74, 6) is -0.343. The zero-order valence-corrected chi connectivity index (χ0v) is 13.7. The average Bonchev–Trinajstić information content (AvgIpc) is 2.55. The number of rotatable bonds is 6. The van der Waals surface area contributed by atoms with E-state index < -0.39 is 5.97 Å². The minimum Gasteiger partial charge on any atom is -0.426 e. The lowest BCUT2D eigenvalue weighted by molar-refractivity contribution is -0.134. The second-order valence-electron chi connectivity index (χ2n) is 5.38. The minimum absolute atomic E-state index is 0.0493. The van der Waals surface area contributed by atoms with Crippen LogP contribution in [0.5, 0.6) is 5.75 Å². The smallest absolute Gasteiger partial charge is 0.312 e. The Bertz CT molecular complexity index is 750. The van der Waals surface area contributed by atoms with Gasteiger partial charge in [0, 0.05) is 17.7 Å². The first-order chi connectivity index (χ1) is 11.5. The largest absolute Gasteiger partial charge is 0.426 e. The van der Waals surface area contributed by atoms with Crippen molar-refractivity contribution in [1.29, 1.82) is 0 Å². The molecule has 0 bridgehead atoms. The van der Waals surface area contributed by atoms with Gasteiger partial charge in [0.1, 0.15) is 5.75 Å². The van der Waals surface area contributed by atoms with Gasteiger partial charge >= 0.3 is 5.97 Å². The van der Waals surface area contributed by atoms with Gasteiger partial charge in [0.05, 0.1) is 6.42 Å². The van der Waals surface area contributed by atoms with Gasteiger partial charge in [0.25, 0.3) is 5.91 Å². The molecule has 0 aliphatic rings. The fraction of sp³-hybridized carbons (Fsp3) is 0.211. The molecule has 0 aliphatic carbocycles. The van der Waals surface area contributed by atoms with Crippen LogP contribution in [0.15, 0.2) is 48.5 Å². The van der Waals surface area contributed by atoms with Crippen molar-refractivity contribution in [3.63, 3.8) is 0 Å². The summed E-state index contributed by atoms with van der Waals surface area (Å²) < 4.78 is 5.16. The van der Waals surface area contributed by atoms with E-state index in [9.17, 15) is 14.4 Å². The highest BCUT2D eigenvalue weighted by atomic mass is 16.5. The van der Waals surface area contributed by atoms with E-state index in [4.69, 9.17) is 4.74 Å². The van der Waals surface area contributed by atoms with Crippen molar-refractivity contribution in [1.82, 2.24) is 5.32 Å². The average molecular weight is 325 g/mol. The fourth-order valence-electron chi connectivity index (χ4n) is 2.14. The van der Waals surface area contributed by atoms with Gasteiger partial charge in [-0.05, 0) is 49.7 Å². The van der Waals surface area contributed by atoms with Gasteiger partial charge in [-0.15, -0.1) is 0 Å². The van der Waals surface area contributed by atoms with E-state index in [1.165, 1.54) is 6.92 Å². The molecule has 0 aliphatic heterocycles. The van der Waals surface area contributed by atoms with Crippen molar-refractivity contribution in [2.75, 3.05) is 6.54 Å². The van der Waals surface area contributed by atoms with Crippen molar-refractivity contribution >= 4 is 17.7 Å². The number of aryl methyl sites for hydroxylation is 1. The molecule has 1 amide bonds. The van der Waals surface area contributed by atoms with Crippen LogP contribution >= 0.6 is 0 Å². The Balaban J connectivity index is 1.80. The zero-order valence-electron chi connectivity index (χ0n) is 13.7. The number of benzene rings is 2. The van der Waals surface area contributed by atoms with E-state index in [2.05, 4.69) is 5.32 Å². The summed E-state index contributed by atoms with van der Waals surface area (Å²) in [5, 5.41) is 2.70. The molecule has 2 rings (SSSR count). The number of nitrogens with one attached hydrogen (secondary N) is 1. The number of ether oxygens (including phenoxy) is 1. The quantitative estimate of drug-likeness (QED) is 0.503. The maximum Gasteiger partial charge on any atom is 0.312 e. The van der Waals surface area contributed by atoms with Crippen molar-refractivity contribution in [3.8, 4) is 5.75 Å². The summed E-state index contributed by atoms with van der Waals surface area (Å²) in [4.78, 5) is 35.0. The van der Waals surface area contributed by atoms with Gasteiger partial charge < -0.3 is 10.1 Å². The fourth-order valence-corrected chi connectivity index (χ4v) is 2.14. The first-order valence-electron chi connectivity index (χ1n) is 7.63. The highest BCUT2D eigenvalue weighted by Gasteiger charge is 2.10. The molecule has 0 heterocycles. The van der Waals surface area contributed by atoms with E-state index >= 15 is 0 Å². The second kappa shape index (κ2) is 8.06. The number of ketones is 1. The van der Waals surface area contributed by atoms with E-state index in [1.807, 2.05) is 19.1 Å². The number of amides is 1. The summed E-state index contributed by atoms with van der Waals surface area (Å²) in [7, 11) is 0. The standard InChI is InChI=1S/C19H19NO4/c1-13-5-3-4-6-17(13)19(23)20-12-11-18(22)24-16-9-7-15(8-10-16)14(2)21/h3-10H,11-12H2,1-2H3,(H,20,23). The van der Waals surface area contributed by atoms with Crippen LogP contribution in [0, 0.1) is 6.92 Å². The first kappa shape index (κ1) is 17.4. The predicted molar refractivity (Wildman–Crippen MR) is 90.2 cm³/mol. The van der Waals surface area contributed by atoms with Crippen molar-refractivity contribution in [2.45, 2.75) is 20.3 Å². The van der Waals surface area contributed by atoms with Crippen LogP contribution < -0.4 is 10.1 Å². The van der Waals surface area contributed by atoms with Crippen LogP contribution in [-0.4, -0.2) is 24.2 Å². The molecule has 2 aromatic rings. The Morgan fingerprint density at radius 2 is 1.67 bits per heavy atom. The summed E-state index contributed by atoms with van der Waals surface area (Å²) in [6.45, 7) is 3.52. The van der Waals surface area contributed by atoms with Crippen LogP contribution in [0.2, 0.25) is 0 Å². The normalized spacial score (nSPS) is 10.1. The summed E-state index contributed by atoms with van der Waals surface area (Å²) >= 11 is 0. The molecule has 0 atom stereocenters. The molecular weight excluding hydrogens is 306 g/mol. The predicted octanol–water partition coefficient (Wildman–Crippen LogP) is 2.92. The molecule has 24 heavy (non-hydrogen) atoms. The van der Waals surface area contributed by atoms with Crippen LogP contribution in [0.1, 0.15) is 39.6 Å². The van der Waals surface area contributed by atoms with Crippen molar-refractivity contribution in [3.05, 3.63) is 65.2 Å². The van der Waals surface area contributed by atoms with Crippen LogP contribution in [0.4, 0.5) is 0 Å². The molecule has 0 aromatic heterocycles. The highest BCUT2D eigenvalue weighted by Crippen LogP contribution is 2.13. The number of carbonyl (C=O) groups is 3. The topological polar surface area (TPSA) is 72.5 Å². The third-order valence-corrected chi connectivity index (χ3v) is 3.50. The Morgan fingerprint density at radius 3 is 2.29 bits per heavy atom. The summed E-state index contributed by atoms with van der Waals surface area (Å²) in [6, 6.07) is 13.6. The molecule has 0 unspecified atom stereocenters. The van der Waals surface area contributed by atoms with E-state index in [1.54, 1.807) is 36.4 Å². The molecule has 0 saturated carbocycles. The Labute approximate surface area is 140 Å². The highest BCUT2D eigenvalue weighted by molar-refractivity contribution is 5.95. The minimum atomic E-state index is -0.448. The van der Waals surface area contributed by atoms with Gasteiger partial charge in [-0.25, -0.2) is 0 Å². The Hall–Kier alpha value is -2.95. The van der Waals surface area contributed by atoms with E-state index in [0.29, 0.717) is 16.9 Å². The molecule has 0 radical (unpaired) electrons. The molecule has 2 aromatic carbocycles. The third-order valence-electron chi connectivity index (χ3n) is 3.50. The lowest BCUT2D eigenvalue weighted by Gasteiger charge is -2.08.